The molecule has 106 valence electrons. The maximum Gasteiger partial charge on any atom is 0.222 e. The predicted molar refractivity (Wildman–Crippen MR) is 76.3 cm³/mol. The third kappa shape index (κ3) is 4.97. The first kappa shape index (κ1) is 15.5. The first-order valence-corrected chi connectivity index (χ1v) is 7.68. The summed E-state index contributed by atoms with van der Waals surface area (Å²) in [6, 6.07) is 0.491. The summed E-state index contributed by atoms with van der Waals surface area (Å²) >= 11 is 0. The third-order valence-corrected chi connectivity index (χ3v) is 4.18. The average molecular weight is 254 g/mol. The lowest BCUT2D eigenvalue weighted by Gasteiger charge is -2.29. The SMILES string of the molecule is CCC1CCCCCN1C(=O)CCC(C)CCN. The lowest BCUT2D eigenvalue weighted by molar-refractivity contribution is -0.133. The molecule has 2 unspecified atom stereocenters. The van der Waals surface area contributed by atoms with Crippen molar-refractivity contribution in [2.45, 2.75) is 71.3 Å². The molecule has 1 fully saturated rings. The van der Waals surface area contributed by atoms with Crippen molar-refractivity contribution in [1.29, 1.82) is 0 Å². The van der Waals surface area contributed by atoms with Gasteiger partial charge in [0.05, 0.1) is 0 Å². The molecule has 0 aromatic carbocycles. The Bertz CT molecular complexity index is 243. The molecule has 0 bridgehead atoms. The first-order chi connectivity index (χ1) is 8.69. The monoisotopic (exact) mass is 254 g/mol. The number of carbonyl (C=O) groups excluding carboxylic acids is 1. The van der Waals surface area contributed by atoms with Crippen LogP contribution in [0.5, 0.6) is 0 Å². The van der Waals surface area contributed by atoms with Crippen LogP contribution in [0.15, 0.2) is 0 Å². The lowest BCUT2D eigenvalue weighted by Crippen LogP contribution is -2.39. The van der Waals surface area contributed by atoms with Crippen molar-refractivity contribution in [2.24, 2.45) is 11.7 Å². The highest BCUT2D eigenvalue weighted by molar-refractivity contribution is 5.76. The van der Waals surface area contributed by atoms with Crippen LogP contribution in [0.4, 0.5) is 0 Å². The molecule has 0 aromatic rings. The molecule has 1 aliphatic rings. The Balaban J connectivity index is 2.42. The van der Waals surface area contributed by atoms with Gasteiger partial charge in [0.1, 0.15) is 0 Å². The molecular formula is C15H30N2O. The Morgan fingerprint density at radius 2 is 2.11 bits per heavy atom. The van der Waals surface area contributed by atoms with Gasteiger partial charge in [-0.1, -0.05) is 26.7 Å². The number of hydrogen-bond donors (Lipinski definition) is 1. The van der Waals surface area contributed by atoms with Gasteiger partial charge in [-0.3, -0.25) is 4.79 Å². The van der Waals surface area contributed by atoms with E-state index in [0.717, 1.165) is 32.4 Å². The fraction of sp³-hybridized carbons (Fsp3) is 0.933. The fourth-order valence-corrected chi connectivity index (χ4v) is 2.87. The number of likely N-dealkylation sites (tertiary alicyclic amines) is 1. The zero-order valence-electron chi connectivity index (χ0n) is 12.2. The third-order valence-electron chi connectivity index (χ3n) is 4.18. The second kappa shape index (κ2) is 8.52. The molecule has 2 N–H and O–H groups in total. The van der Waals surface area contributed by atoms with Crippen LogP contribution >= 0.6 is 0 Å². The van der Waals surface area contributed by atoms with Crippen molar-refractivity contribution in [3.05, 3.63) is 0 Å². The number of nitrogens with two attached hydrogens (primary N) is 1. The van der Waals surface area contributed by atoms with Crippen molar-refractivity contribution in [3.63, 3.8) is 0 Å². The molecule has 2 atom stereocenters. The second-order valence-electron chi connectivity index (χ2n) is 5.72. The van der Waals surface area contributed by atoms with Gasteiger partial charge in [-0.2, -0.15) is 0 Å². The summed E-state index contributed by atoms with van der Waals surface area (Å²) in [4.78, 5) is 14.5. The molecule has 1 rings (SSSR count). The van der Waals surface area contributed by atoms with E-state index in [0.29, 0.717) is 24.3 Å². The van der Waals surface area contributed by atoms with Crippen LogP contribution in [0.1, 0.15) is 65.2 Å². The van der Waals surface area contributed by atoms with Gasteiger partial charge in [0.2, 0.25) is 5.91 Å². The summed E-state index contributed by atoms with van der Waals surface area (Å²) in [6.07, 6.45) is 8.77. The highest BCUT2D eigenvalue weighted by Gasteiger charge is 2.23. The van der Waals surface area contributed by atoms with Crippen LogP contribution in [0, 0.1) is 5.92 Å². The molecule has 1 saturated heterocycles. The van der Waals surface area contributed by atoms with E-state index in [1.807, 2.05) is 0 Å². The van der Waals surface area contributed by atoms with Gasteiger partial charge in [0.25, 0.3) is 0 Å². The van der Waals surface area contributed by atoms with Gasteiger partial charge in [-0.15, -0.1) is 0 Å². The average Bonchev–Trinajstić information content (AvgIpc) is 2.61. The maximum atomic E-state index is 12.3. The highest BCUT2D eigenvalue weighted by Crippen LogP contribution is 2.21. The summed E-state index contributed by atoms with van der Waals surface area (Å²) in [5.74, 6) is 0.943. The standard InChI is InChI=1S/C15H30N2O/c1-3-14-7-5-4-6-12-17(14)15(18)9-8-13(2)10-11-16/h13-14H,3-12,16H2,1-2H3. The van der Waals surface area contributed by atoms with Crippen LogP contribution in [0.2, 0.25) is 0 Å². The molecule has 3 nitrogen and oxygen atoms in total. The second-order valence-corrected chi connectivity index (χ2v) is 5.72. The van der Waals surface area contributed by atoms with E-state index in [9.17, 15) is 4.79 Å². The van der Waals surface area contributed by atoms with Crippen LogP contribution in [0.25, 0.3) is 0 Å². The molecule has 1 aliphatic heterocycles. The molecule has 0 saturated carbocycles. The van der Waals surface area contributed by atoms with Crippen molar-refractivity contribution < 1.29 is 4.79 Å². The summed E-state index contributed by atoms with van der Waals surface area (Å²) in [5, 5.41) is 0. The van der Waals surface area contributed by atoms with Crippen LogP contribution in [-0.2, 0) is 4.79 Å². The Kier molecular flexibility index (Phi) is 7.33. The van der Waals surface area contributed by atoms with E-state index in [-0.39, 0.29) is 0 Å². The van der Waals surface area contributed by atoms with Gasteiger partial charge < -0.3 is 10.6 Å². The van der Waals surface area contributed by atoms with E-state index in [2.05, 4.69) is 18.7 Å². The quantitative estimate of drug-likeness (QED) is 0.792. The zero-order valence-corrected chi connectivity index (χ0v) is 12.2. The van der Waals surface area contributed by atoms with Gasteiger partial charge in [0.15, 0.2) is 0 Å². The highest BCUT2D eigenvalue weighted by atomic mass is 16.2. The van der Waals surface area contributed by atoms with E-state index >= 15 is 0 Å². The Morgan fingerprint density at radius 3 is 2.78 bits per heavy atom. The minimum absolute atomic E-state index is 0.368. The molecule has 0 spiro atoms. The number of amides is 1. The Labute approximate surface area is 112 Å². The largest absolute Gasteiger partial charge is 0.340 e. The maximum absolute atomic E-state index is 12.3. The van der Waals surface area contributed by atoms with E-state index in [4.69, 9.17) is 5.73 Å². The number of hydrogen-bond acceptors (Lipinski definition) is 2. The summed E-state index contributed by atoms with van der Waals surface area (Å²) in [7, 11) is 0. The first-order valence-electron chi connectivity index (χ1n) is 7.68. The molecule has 0 aliphatic carbocycles. The van der Waals surface area contributed by atoms with Crippen molar-refractivity contribution >= 4 is 5.91 Å². The molecule has 0 radical (unpaired) electrons. The molecule has 0 aromatic heterocycles. The smallest absolute Gasteiger partial charge is 0.222 e. The number of rotatable bonds is 6. The van der Waals surface area contributed by atoms with Crippen LogP contribution in [0.3, 0.4) is 0 Å². The minimum atomic E-state index is 0.368. The normalized spacial score (nSPS) is 22.6. The zero-order chi connectivity index (χ0) is 13.4. The minimum Gasteiger partial charge on any atom is -0.340 e. The van der Waals surface area contributed by atoms with E-state index in [1.54, 1.807) is 0 Å². The lowest BCUT2D eigenvalue weighted by atomic mass is 10.0. The van der Waals surface area contributed by atoms with Crippen LogP contribution < -0.4 is 5.73 Å². The van der Waals surface area contributed by atoms with Gasteiger partial charge in [0, 0.05) is 19.0 Å². The molecule has 1 amide bonds. The van der Waals surface area contributed by atoms with E-state index in [1.165, 1.54) is 25.7 Å². The topological polar surface area (TPSA) is 46.3 Å². The molecule has 18 heavy (non-hydrogen) atoms. The van der Waals surface area contributed by atoms with Gasteiger partial charge in [-0.05, 0) is 44.6 Å². The Hall–Kier alpha value is -0.570. The predicted octanol–water partition coefficient (Wildman–Crippen LogP) is 2.93. The summed E-state index contributed by atoms with van der Waals surface area (Å²) < 4.78 is 0. The van der Waals surface area contributed by atoms with Crippen molar-refractivity contribution in [1.82, 2.24) is 4.90 Å². The summed E-state index contributed by atoms with van der Waals surface area (Å²) in [6.45, 7) is 6.10. The summed E-state index contributed by atoms with van der Waals surface area (Å²) in [5.41, 5.74) is 5.55. The number of carbonyl (C=O) groups is 1. The molecular weight excluding hydrogens is 224 g/mol. The van der Waals surface area contributed by atoms with E-state index < -0.39 is 0 Å². The van der Waals surface area contributed by atoms with Crippen LogP contribution in [-0.4, -0.2) is 29.9 Å². The van der Waals surface area contributed by atoms with Crippen molar-refractivity contribution in [2.75, 3.05) is 13.1 Å². The van der Waals surface area contributed by atoms with Gasteiger partial charge in [-0.25, -0.2) is 0 Å². The van der Waals surface area contributed by atoms with Gasteiger partial charge >= 0.3 is 0 Å². The molecule has 3 heteroatoms. The fourth-order valence-electron chi connectivity index (χ4n) is 2.87. The van der Waals surface area contributed by atoms with Crippen molar-refractivity contribution in [3.8, 4) is 0 Å². The molecule has 1 heterocycles. The Morgan fingerprint density at radius 1 is 1.33 bits per heavy atom. The number of nitrogens with zero attached hydrogens (tertiary/aromatic N) is 1.